The molecule has 0 bridgehead atoms. The number of carbonyl (C=O) groups excluding carboxylic acids is 3. The minimum absolute atomic E-state index is 0.0937. The minimum atomic E-state index is -0.442. The molecule has 0 amide bonds. The number of ketones is 2. The quantitative estimate of drug-likeness (QED) is 0.428. The van der Waals surface area contributed by atoms with Crippen LogP contribution >= 0.6 is 0 Å². The van der Waals surface area contributed by atoms with Crippen molar-refractivity contribution in [2.45, 2.75) is 93.4 Å². The van der Waals surface area contributed by atoms with Crippen molar-refractivity contribution in [2.75, 3.05) is 0 Å². The molecule has 0 unspecified atom stereocenters. The molecule has 0 spiro atoms. The van der Waals surface area contributed by atoms with Crippen molar-refractivity contribution in [1.29, 1.82) is 0 Å². The summed E-state index contributed by atoms with van der Waals surface area (Å²) in [5.41, 5.74) is 0.136. The lowest BCUT2D eigenvalue weighted by atomic mass is 9.34. The monoisotopic (exact) mass is 450 g/mol. The first kappa shape index (κ1) is 23.2. The number of rotatable bonds is 1. The van der Waals surface area contributed by atoms with Crippen molar-refractivity contribution in [2.24, 2.45) is 50.2 Å². The lowest BCUT2D eigenvalue weighted by Gasteiger charge is -2.68. The number of fused-ring (bicyclic) bond motifs is 7. The third-order valence-electron chi connectivity index (χ3n) is 12.0. The lowest BCUT2D eigenvalue weighted by Crippen LogP contribution is -2.65. The molecule has 5 rings (SSSR count). The zero-order chi connectivity index (χ0) is 24.2. The van der Waals surface area contributed by atoms with Crippen molar-refractivity contribution in [3.63, 3.8) is 0 Å². The Labute approximate surface area is 199 Å². The third kappa shape index (κ3) is 2.71. The van der Waals surface area contributed by atoms with Gasteiger partial charge >= 0.3 is 0 Å². The van der Waals surface area contributed by atoms with E-state index in [-0.39, 0.29) is 56.4 Å². The molecule has 5 aliphatic rings. The molecule has 0 aliphatic heterocycles. The molecule has 0 saturated heterocycles. The maximum atomic E-state index is 14.1. The Hall–Kier alpha value is -1.51. The van der Waals surface area contributed by atoms with E-state index in [0.717, 1.165) is 44.9 Å². The Kier molecular flexibility index (Phi) is 4.63. The Morgan fingerprint density at radius 3 is 2.24 bits per heavy atom. The van der Waals surface area contributed by atoms with Crippen LogP contribution in [-0.4, -0.2) is 17.9 Å². The van der Waals surface area contributed by atoms with Gasteiger partial charge in [-0.2, -0.15) is 0 Å². The Bertz CT molecular complexity index is 998. The highest BCUT2D eigenvalue weighted by molar-refractivity contribution is 5.99. The SMILES string of the molecule is CC1(C)CC[C@]2(C=O)CC[C@]3(C)C(=CC(=O)[C@@H]4[C@@]5(C)C=CC(=O)C(C)(C)[C@@H]5CC[C@]43C)[C@@H]2C1. The highest BCUT2D eigenvalue weighted by Gasteiger charge is 2.69. The first-order chi connectivity index (χ1) is 15.2. The standard InChI is InChI=1S/C30H42O3/c1-25(2)12-14-30(18-31)15-13-28(6)19(20(30)17-25)16-21(32)24-27(5)10-9-23(33)26(3,4)22(27)8-11-29(24,28)7/h9-10,16,18,20,22,24H,8,11-15,17H2,1-7H3/t20-,22-,24+,27-,28+,29+,30+/m0/s1. The Balaban J connectivity index is 1.67. The summed E-state index contributed by atoms with van der Waals surface area (Å²) in [5.74, 6) is 0.648. The van der Waals surface area contributed by atoms with E-state index in [4.69, 9.17) is 0 Å². The molecule has 3 saturated carbocycles. The first-order valence-corrected chi connectivity index (χ1v) is 13.1. The zero-order valence-electron chi connectivity index (χ0n) is 21.7. The van der Waals surface area contributed by atoms with Gasteiger partial charge in [0.25, 0.3) is 0 Å². The number of hydrogen-bond donors (Lipinski definition) is 0. The van der Waals surface area contributed by atoms with Gasteiger partial charge in [-0.3, -0.25) is 9.59 Å². The van der Waals surface area contributed by atoms with E-state index < -0.39 is 5.41 Å². The predicted octanol–water partition coefficient (Wildman–Crippen LogP) is 6.51. The van der Waals surface area contributed by atoms with Crippen LogP contribution in [0.15, 0.2) is 23.8 Å². The van der Waals surface area contributed by atoms with Gasteiger partial charge in [-0.15, -0.1) is 0 Å². The van der Waals surface area contributed by atoms with Crippen molar-refractivity contribution < 1.29 is 14.4 Å². The summed E-state index contributed by atoms with van der Waals surface area (Å²) in [4.78, 5) is 39.5. The lowest BCUT2D eigenvalue weighted by molar-refractivity contribution is -0.170. The summed E-state index contributed by atoms with van der Waals surface area (Å²) in [7, 11) is 0. The van der Waals surface area contributed by atoms with Crippen LogP contribution in [0.25, 0.3) is 0 Å². The summed E-state index contributed by atoms with van der Waals surface area (Å²) >= 11 is 0. The second-order valence-corrected chi connectivity index (χ2v) is 14.3. The molecule has 3 heteroatoms. The molecule has 0 aromatic carbocycles. The van der Waals surface area contributed by atoms with Crippen molar-refractivity contribution >= 4 is 17.9 Å². The molecular weight excluding hydrogens is 408 g/mol. The fourth-order valence-corrected chi connectivity index (χ4v) is 9.64. The second-order valence-electron chi connectivity index (χ2n) is 14.3. The van der Waals surface area contributed by atoms with E-state index in [2.05, 4.69) is 54.5 Å². The molecule has 5 aliphatic carbocycles. The molecule has 7 atom stereocenters. The largest absolute Gasteiger partial charge is 0.303 e. The normalized spacial score (nSPS) is 49.8. The highest BCUT2D eigenvalue weighted by atomic mass is 16.1. The van der Waals surface area contributed by atoms with Gasteiger partial charge in [-0.1, -0.05) is 60.1 Å². The van der Waals surface area contributed by atoms with Gasteiger partial charge in [0.05, 0.1) is 0 Å². The fraction of sp³-hybridized carbons (Fsp3) is 0.767. The van der Waals surface area contributed by atoms with Gasteiger partial charge in [-0.05, 0) is 85.2 Å². The van der Waals surface area contributed by atoms with Crippen molar-refractivity contribution in [1.82, 2.24) is 0 Å². The third-order valence-corrected chi connectivity index (χ3v) is 12.0. The first-order valence-electron chi connectivity index (χ1n) is 13.1. The number of aldehydes is 1. The fourth-order valence-electron chi connectivity index (χ4n) is 9.64. The van der Waals surface area contributed by atoms with E-state index in [1.807, 2.05) is 6.08 Å². The van der Waals surface area contributed by atoms with E-state index in [1.54, 1.807) is 6.08 Å². The topological polar surface area (TPSA) is 51.2 Å². The molecule has 0 aromatic rings. The van der Waals surface area contributed by atoms with Gasteiger partial charge < -0.3 is 4.79 Å². The van der Waals surface area contributed by atoms with Crippen molar-refractivity contribution in [3.05, 3.63) is 23.8 Å². The summed E-state index contributed by atoms with van der Waals surface area (Å²) < 4.78 is 0. The molecule has 0 aromatic heterocycles. The zero-order valence-corrected chi connectivity index (χ0v) is 21.7. The summed E-state index contributed by atoms with van der Waals surface area (Å²) in [6.45, 7) is 15.8. The van der Waals surface area contributed by atoms with E-state index in [9.17, 15) is 14.4 Å². The Morgan fingerprint density at radius 2 is 1.58 bits per heavy atom. The number of carbonyl (C=O) groups is 3. The van der Waals surface area contributed by atoms with E-state index >= 15 is 0 Å². The van der Waals surface area contributed by atoms with Gasteiger partial charge in [0, 0.05) is 22.2 Å². The average Bonchev–Trinajstić information content (AvgIpc) is 2.72. The van der Waals surface area contributed by atoms with Gasteiger partial charge in [0.1, 0.15) is 6.29 Å². The van der Waals surface area contributed by atoms with Gasteiger partial charge in [0.15, 0.2) is 11.6 Å². The van der Waals surface area contributed by atoms with Gasteiger partial charge in [-0.25, -0.2) is 0 Å². The van der Waals surface area contributed by atoms with Crippen molar-refractivity contribution in [3.8, 4) is 0 Å². The smallest absolute Gasteiger partial charge is 0.161 e. The average molecular weight is 451 g/mol. The van der Waals surface area contributed by atoms with E-state index in [1.165, 1.54) is 11.9 Å². The molecular formula is C30H42O3. The summed E-state index contributed by atoms with van der Waals surface area (Å²) in [6, 6.07) is 0. The molecule has 33 heavy (non-hydrogen) atoms. The van der Waals surface area contributed by atoms with Crippen LogP contribution in [0.2, 0.25) is 0 Å². The molecule has 0 heterocycles. The van der Waals surface area contributed by atoms with Gasteiger partial charge in [0.2, 0.25) is 0 Å². The predicted molar refractivity (Wildman–Crippen MR) is 130 cm³/mol. The highest BCUT2D eigenvalue weighted by Crippen LogP contribution is 2.74. The summed E-state index contributed by atoms with van der Waals surface area (Å²) in [6.07, 6.45) is 14.0. The molecule has 0 radical (unpaired) electrons. The minimum Gasteiger partial charge on any atom is -0.303 e. The molecule has 3 nitrogen and oxygen atoms in total. The second kappa shape index (κ2) is 6.58. The Morgan fingerprint density at radius 1 is 0.909 bits per heavy atom. The van der Waals surface area contributed by atoms with Crippen LogP contribution in [0.1, 0.15) is 93.4 Å². The van der Waals surface area contributed by atoms with Crippen LogP contribution in [0.3, 0.4) is 0 Å². The van der Waals surface area contributed by atoms with Crippen LogP contribution in [0.4, 0.5) is 0 Å². The molecule has 180 valence electrons. The molecule has 3 fully saturated rings. The maximum Gasteiger partial charge on any atom is 0.161 e. The van der Waals surface area contributed by atoms with E-state index in [0.29, 0.717) is 0 Å². The van der Waals surface area contributed by atoms with Crippen LogP contribution < -0.4 is 0 Å². The number of hydrogen-bond acceptors (Lipinski definition) is 3. The van der Waals surface area contributed by atoms with Crippen LogP contribution in [-0.2, 0) is 14.4 Å². The van der Waals surface area contributed by atoms with Crippen LogP contribution in [0.5, 0.6) is 0 Å². The summed E-state index contributed by atoms with van der Waals surface area (Å²) in [5, 5.41) is 0. The maximum absolute atomic E-state index is 14.1. The van der Waals surface area contributed by atoms with Crippen LogP contribution in [0, 0.1) is 50.2 Å². The molecule has 0 N–H and O–H groups in total. The number of allylic oxidation sites excluding steroid dienone is 4.